The zero-order valence-electron chi connectivity index (χ0n) is 12.4. The summed E-state index contributed by atoms with van der Waals surface area (Å²) in [5.74, 6) is 8.86. The minimum absolute atomic E-state index is 0.104. The van der Waals surface area contributed by atoms with Crippen LogP contribution in [0.25, 0.3) is 0 Å². The maximum Gasteiger partial charge on any atom is 0.122 e. The van der Waals surface area contributed by atoms with Crippen molar-refractivity contribution in [3.05, 3.63) is 29.3 Å². The summed E-state index contributed by atoms with van der Waals surface area (Å²) in [6, 6.07) is 5.99. The Labute approximate surface area is 131 Å². The van der Waals surface area contributed by atoms with Gasteiger partial charge in [0.2, 0.25) is 0 Å². The number of benzene rings is 1. The zero-order valence-corrected chi connectivity index (χ0v) is 13.2. The number of aliphatic hydroxyl groups is 1. The summed E-state index contributed by atoms with van der Waals surface area (Å²) < 4.78 is 11.1. The summed E-state index contributed by atoms with van der Waals surface area (Å²) in [7, 11) is 1.70. The van der Waals surface area contributed by atoms with Crippen LogP contribution in [0, 0.1) is 11.8 Å². The molecule has 1 atom stereocenters. The molecule has 0 radical (unpaired) electrons. The van der Waals surface area contributed by atoms with Crippen LogP contribution in [0.4, 0.5) is 0 Å². The van der Waals surface area contributed by atoms with Gasteiger partial charge in [0.05, 0.1) is 19.8 Å². The van der Waals surface area contributed by atoms with Gasteiger partial charge in [0.15, 0.2) is 0 Å². The van der Waals surface area contributed by atoms with Gasteiger partial charge in [-0.15, -0.1) is 0 Å². The molecule has 0 amide bonds. The first-order valence-electron chi connectivity index (χ1n) is 7.29. The second-order valence-electron chi connectivity index (χ2n) is 4.95. The lowest BCUT2D eigenvalue weighted by molar-refractivity contribution is 0.129. The number of methoxy groups -OCH3 is 1. The molecule has 0 spiro atoms. The average molecular weight is 306 g/mol. The SMILES string of the molecule is COc1ccc(C#CCCO)cc1CSCC1CCCO1. The fourth-order valence-corrected chi connectivity index (χ4v) is 3.35. The minimum atomic E-state index is 0.104. The van der Waals surface area contributed by atoms with Crippen molar-refractivity contribution in [1.29, 1.82) is 0 Å². The molecule has 1 aliphatic heterocycles. The van der Waals surface area contributed by atoms with Gasteiger partial charge in [0.25, 0.3) is 0 Å². The van der Waals surface area contributed by atoms with Crippen molar-refractivity contribution in [3.63, 3.8) is 0 Å². The van der Waals surface area contributed by atoms with E-state index in [-0.39, 0.29) is 6.61 Å². The third-order valence-corrected chi connectivity index (χ3v) is 4.46. The molecular weight excluding hydrogens is 284 g/mol. The van der Waals surface area contributed by atoms with Gasteiger partial charge < -0.3 is 14.6 Å². The molecule has 1 aromatic rings. The van der Waals surface area contributed by atoms with Gasteiger partial charge >= 0.3 is 0 Å². The van der Waals surface area contributed by atoms with Crippen molar-refractivity contribution in [1.82, 2.24) is 0 Å². The molecule has 0 aromatic heterocycles. The Morgan fingerprint density at radius 3 is 3.10 bits per heavy atom. The molecule has 0 aliphatic carbocycles. The Hall–Kier alpha value is -1.15. The molecule has 3 nitrogen and oxygen atoms in total. The second-order valence-corrected chi connectivity index (χ2v) is 5.98. The van der Waals surface area contributed by atoms with E-state index in [1.165, 1.54) is 12.8 Å². The maximum absolute atomic E-state index is 8.76. The first-order chi connectivity index (χ1) is 10.3. The quantitative estimate of drug-likeness (QED) is 0.820. The molecule has 1 N–H and O–H groups in total. The molecule has 0 saturated carbocycles. The lowest BCUT2D eigenvalue weighted by Gasteiger charge is -2.11. The maximum atomic E-state index is 8.76. The number of thioether (sulfide) groups is 1. The molecule has 1 aliphatic rings. The van der Waals surface area contributed by atoms with Crippen molar-refractivity contribution < 1.29 is 14.6 Å². The van der Waals surface area contributed by atoms with Crippen LogP contribution in [0.2, 0.25) is 0 Å². The van der Waals surface area contributed by atoms with E-state index in [2.05, 4.69) is 17.9 Å². The van der Waals surface area contributed by atoms with Gasteiger partial charge in [-0.05, 0) is 31.0 Å². The third-order valence-electron chi connectivity index (χ3n) is 3.34. The summed E-state index contributed by atoms with van der Waals surface area (Å²) in [5, 5.41) is 8.76. The first-order valence-corrected chi connectivity index (χ1v) is 8.45. The van der Waals surface area contributed by atoms with E-state index in [0.29, 0.717) is 12.5 Å². The fraction of sp³-hybridized carbons (Fsp3) is 0.529. The highest BCUT2D eigenvalue weighted by Gasteiger charge is 2.15. The van der Waals surface area contributed by atoms with Crippen LogP contribution in [0.1, 0.15) is 30.4 Å². The highest BCUT2D eigenvalue weighted by molar-refractivity contribution is 7.98. The minimum Gasteiger partial charge on any atom is -0.496 e. The van der Waals surface area contributed by atoms with Crippen molar-refractivity contribution >= 4 is 11.8 Å². The molecule has 114 valence electrons. The zero-order chi connectivity index (χ0) is 14.9. The van der Waals surface area contributed by atoms with Crippen molar-refractivity contribution in [3.8, 4) is 17.6 Å². The molecule has 21 heavy (non-hydrogen) atoms. The Kier molecular flexibility index (Phi) is 6.94. The lowest BCUT2D eigenvalue weighted by atomic mass is 10.1. The van der Waals surface area contributed by atoms with Gasteiger partial charge in [-0.1, -0.05) is 11.8 Å². The van der Waals surface area contributed by atoms with Crippen LogP contribution in [-0.2, 0) is 10.5 Å². The smallest absolute Gasteiger partial charge is 0.122 e. The number of aliphatic hydroxyl groups excluding tert-OH is 1. The first kappa shape index (κ1) is 16.2. The summed E-state index contributed by atoms with van der Waals surface area (Å²) in [4.78, 5) is 0. The molecular formula is C17H22O3S. The van der Waals surface area contributed by atoms with E-state index < -0.39 is 0 Å². The summed E-state index contributed by atoms with van der Waals surface area (Å²) >= 11 is 1.88. The van der Waals surface area contributed by atoms with Gasteiger partial charge in [-0.2, -0.15) is 11.8 Å². The van der Waals surface area contributed by atoms with Crippen LogP contribution >= 0.6 is 11.8 Å². The molecule has 1 unspecified atom stereocenters. The molecule has 1 aromatic carbocycles. The van der Waals surface area contributed by atoms with Gasteiger partial charge in [0.1, 0.15) is 5.75 Å². The van der Waals surface area contributed by atoms with E-state index in [1.807, 2.05) is 23.9 Å². The standard InChI is InChI=1S/C17H22O3S/c1-19-17-8-7-14(5-2-3-9-18)11-15(17)12-21-13-16-6-4-10-20-16/h7-8,11,16,18H,3-4,6,9-10,12-13H2,1H3. The van der Waals surface area contributed by atoms with E-state index in [1.54, 1.807) is 7.11 Å². The molecule has 1 saturated heterocycles. The third kappa shape index (κ3) is 5.28. The monoisotopic (exact) mass is 306 g/mol. The lowest BCUT2D eigenvalue weighted by Crippen LogP contribution is -2.08. The Bertz CT molecular complexity index is 498. The average Bonchev–Trinajstić information content (AvgIpc) is 3.01. The Balaban J connectivity index is 1.95. The topological polar surface area (TPSA) is 38.7 Å². The van der Waals surface area contributed by atoms with Gasteiger partial charge in [-0.25, -0.2) is 0 Å². The largest absolute Gasteiger partial charge is 0.496 e. The van der Waals surface area contributed by atoms with Crippen LogP contribution in [-0.4, -0.2) is 37.3 Å². The van der Waals surface area contributed by atoms with E-state index in [0.717, 1.165) is 35.0 Å². The summed E-state index contributed by atoms with van der Waals surface area (Å²) in [6.45, 7) is 1.01. The second kappa shape index (κ2) is 8.99. The van der Waals surface area contributed by atoms with E-state index >= 15 is 0 Å². The van der Waals surface area contributed by atoms with Crippen LogP contribution in [0.3, 0.4) is 0 Å². The number of ether oxygens (including phenoxy) is 2. The summed E-state index contributed by atoms with van der Waals surface area (Å²) in [6.07, 6.45) is 3.28. The number of hydrogen-bond donors (Lipinski definition) is 1. The van der Waals surface area contributed by atoms with Crippen molar-refractivity contribution in [2.45, 2.75) is 31.1 Å². The molecule has 1 heterocycles. The summed E-state index contributed by atoms with van der Waals surface area (Å²) in [5.41, 5.74) is 2.13. The number of hydrogen-bond acceptors (Lipinski definition) is 4. The highest BCUT2D eigenvalue weighted by Crippen LogP contribution is 2.26. The fourth-order valence-electron chi connectivity index (χ4n) is 2.27. The Morgan fingerprint density at radius 2 is 2.38 bits per heavy atom. The van der Waals surface area contributed by atoms with Gasteiger partial charge in [-0.3, -0.25) is 0 Å². The normalized spacial score (nSPS) is 17.3. The predicted molar refractivity (Wildman–Crippen MR) is 86.7 cm³/mol. The van der Waals surface area contributed by atoms with Crippen molar-refractivity contribution in [2.75, 3.05) is 26.1 Å². The van der Waals surface area contributed by atoms with Gasteiger partial charge in [0, 0.05) is 35.7 Å². The number of rotatable bonds is 6. The van der Waals surface area contributed by atoms with E-state index in [4.69, 9.17) is 14.6 Å². The highest BCUT2D eigenvalue weighted by atomic mass is 32.2. The van der Waals surface area contributed by atoms with E-state index in [9.17, 15) is 0 Å². The molecule has 0 bridgehead atoms. The Morgan fingerprint density at radius 1 is 1.48 bits per heavy atom. The van der Waals surface area contributed by atoms with Crippen LogP contribution in [0.15, 0.2) is 18.2 Å². The predicted octanol–water partition coefficient (Wildman–Crippen LogP) is 2.84. The van der Waals surface area contributed by atoms with Crippen LogP contribution < -0.4 is 4.74 Å². The molecule has 1 fully saturated rings. The molecule has 4 heteroatoms. The van der Waals surface area contributed by atoms with Crippen LogP contribution in [0.5, 0.6) is 5.75 Å². The molecule has 2 rings (SSSR count). The van der Waals surface area contributed by atoms with Crippen molar-refractivity contribution in [2.24, 2.45) is 0 Å².